The Bertz CT molecular complexity index is 902. The van der Waals surface area contributed by atoms with E-state index >= 15 is 0 Å². The number of nitrogens with one attached hydrogen (secondary N) is 2. The summed E-state index contributed by atoms with van der Waals surface area (Å²) < 4.78 is 46.5. The number of ether oxygens (including phenoxy) is 1. The van der Waals surface area contributed by atoms with Gasteiger partial charge in [-0.2, -0.15) is 4.39 Å². The summed E-state index contributed by atoms with van der Waals surface area (Å²) in [5.74, 6) is -4.09. The van der Waals surface area contributed by atoms with Gasteiger partial charge in [-0.05, 0) is 43.9 Å². The molecule has 0 radical (unpaired) electrons. The summed E-state index contributed by atoms with van der Waals surface area (Å²) in [7, 11) is 1.15. The van der Waals surface area contributed by atoms with Crippen molar-refractivity contribution >= 4 is 17.4 Å². The Kier molecular flexibility index (Phi) is 5.43. The second-order valence-electron chi connectivity index (χ2n) is 6.38. The van der Waals surface area contributed by atoms with E-state index < -0.39 is 23.2 Å². The lowest BCUT2D eigenvalue weighted by Crippen LogP contribution is -2.28. The van der Waals surface area contributed by atoms with E-state index in [2.05, 4.69) is 10.3 Å². The van der Waals surface area contributed by atoms with Gasteiger partial charge in [0.1, 0.15) is 11.6 Å². The molecule has 5 nitrogen and oxygen atoms in total. The van der Waals surface area contributed by atoms with Crippen LogP contribution in [-0.4, -0.2) is 23.7 Å². The Morgan fingerprint density at radius 3 is 2.74 bits per heavy atom. The minimum atomic E-state index is -1.22. The summed E-state index contributed by atoms with van der Waals surface area (Å²) in [6.07, 6.45) is 3.41. The van der Waals surface area contributed by atoms with E-state index in [9.17, 15) is 18.0 Å². The fourth-order valence-corrected chi connectivity index (χ4v) is 3.17. The third-order valence-electron chi connectivity index (χ3n) is 4.55. The Hall–Kier alpha value is -2.90. The van der Waals surface area contributed by atoms with Crippen LogP contribution < -0.4 is 10.1 Å². The van der Waals surface area contributed by atoms with E-state index in [-0.39, 0.29) is 28.8 Å². The molecule has 0 unspecified atom stereocenters. The third-order valence-corrected chi connectivity index (χ3v) is 4.55. The summed E-state index contributed by atoms with van der Waals surface area (Å²) in [6.45, 7) is 0. The van der Waals surface area contributed by atoms with E-state index in [0.29, 0.717) is 25.0 Å². The fraction of sp³-hybridized carbons (Fsp3) is 0.316. The largest absolute Gasteiger partial charge is 0.493 e. The second-order valence-corrected chi connectivity index (χ2v) is 6.38. The van der Waals surface area contributed by atoms with Gasteiger partial charge in [-0.3, -0.25) is 4.79 Å². The van der Waals surface area contributed by atoms with E-state index in [1.165, 1.54) is 12.1 Å². The van der Waals surface area contributed by atoms with Crippen LogP contribution in [0.1, 0.15) is 25.7 Å². The molecule has 0 aliphatic heterocycles. The smallest absolute Gasteiger partial charge is 0.229 e. The van der Waals surface area contributed by atoms with Gasteiger partial charge in [0, 0.05) is 22.8 Å². The van der Waals surface area contributed by atoms with E-state index in [1.807, 2.05) is 0 Å². The van der Waals surface area contributed by atoms with E-state index in [1.54, 1.807) is 0 Å². The number of methoxy groups -OCH3 is 1. The zero-order chi connectivity index (χ0) is 19.6. The SMILES string of the molecule is COc1c(-c2cc(NC(=O)[C@H]3CCCC(=N)C3)ncc2F)ccc(F)c1F. The number of anilines is 1. The molecular formula is C19H18F3N3O2. The number of benzene rings is 1. The Morgan fingerprint density at radius 2 is 2.04 bits per heavy atom. The van der Waals surface area contributed by atoms with Crippen molar-refractivity contribution in [2.45, 2.75) is 25.7 Å². The van der Waals surface area contributed by atoms with Crippen molar-refractivity contribution in [3.05, 3.63) is 41.8 Å². The fourth-order valence-electron chi connectivity index (χ4n) is 3.17. The summed E-state index contributed by atoms with van der Waals surface area (Å²) in [5, 5.41) is 10.3. The van der Waals surface area contributed by atoms with Gasteiger partial charge in [0.25, 0.3) is 0 Å². The molecule has 1 atom stereocenters. The monoisotopic (exact) mass is 377 g/mol. The van der Waals surface area contributed by atoms with Crippen molar-refractivity contribution in [3.8, 4) is 16.9 Å². The maximum absolute atomic E-state index is 14.3. The molecule has 1 aromatic carbocycles. The molecule has 0 bridgehead atoms. The standard InChI is InChI=1S/C19H18F3N3O2/c1-27-18-12(5-6-14(20)17(18)22)13-8-16(24-9-15(13)21)25-19(26)10-3-2-4-11(23)7-10/h5-6,8-10,23H,2-4,7H2,1H3,(H,24,25,26)/t10-/m0/s1. The van der Waals surface area contributed by atoms with Crippen LogP contribution >= 0.6 is 0 Å². The Balaban J connectivity index is 1.90. The molecule has 27 heavy (non-hydrogen) atoms. The van der Waals surface area contributed by atoms with Gasteiger partial charge in [0.15, 0.2) is 11.6 Å². The molecule has 3 rings (SSSR count). The number of aromatic nitrogens is 1. The van der Waals surface area contributed by atoms with Crippen LogP contribution in [0.2, 0.25) is 0 Å². The topological polar surface area (TPSA) is 75.1 Å². The Morgan fingerprint density at radius 1 is 1.26 bits per heavy atom. The van der Waals surface area contributed by atoms with Gasteiger partial charge in [0.2, 0.25) is 11.7 Å². The van der Waals surface area contributed by atoms with Crippen LogP contribution in [0.15, 0.2) is 24.4 Å². The highest BCUT2D eigenvalue weighted by Crippen LogP contribution is 2.36. The number of nitrogens with zero attached hydrogens (tertiary/aromatic N) is 1. The molecule has 1 aliphatic rings. The molecular weight excluding hydrogens is 359 g/mol. The molecule has 1 heterocycles. The first-order valence-electron chi connectivity index (χ1n) is 8.45. The first-order valence-corrected chi connectivity index (χ1v) is 8.45. The van der Waals surface area contributed by atoms with Crippen LogP contribution in [0, 0.1) is 28.8 Å². The molecule has 0 saturated heterocycles. The highest BCUT2D eigenvalue weighted by molar-refractivity contribution is 5.96. The molecule has 1 amide bonds. The van der Waals surface area contributed by atoms with Gasteiger partial charge >= 0.3 is 0 Å². The van der Waals surface area contributed by atoms with Gasteiger partial charge in [-0.15, -0.1) is 0 Å². The third kappa shape index (κ3) is 3.94. The summed E-state index contributed by atoms with van der Waals surface area (Å²) in [6, 6.07) is 3.32. The number of halogens is 3. The predicted molar refractivity (Wildman–Crippen MR) is 94.4 cm³/mol. The van der Waals surface area contributed by atoms with Crippen molar-refractivity contribution in [2.24, 2.45) is 5.92 Å². The molecule has 0 spiro atoms. The highest BCUT2D eigenvalue weighted by atomic mass is 19.2. The molecule has 1 saturated carbocycles. The van der Waals surface area contributed by atoms with Crippen LogP contribution in [0.5, 0.6) is 5.75 Å². The van der Waals surface area contributed by atoms with Crippen LogP contribution in [-0.2, 0) is 4.79 Å². The maximum Gasteiger partial charge on any atom is 0.229 e. The van der Waals surface area contributed by atoms with Gasteiger partial charge in [-0.1, -0.05) is 0 Å². The van der Waals surface area contributed by atoms with Crippen molar-refractivity contribution in [1.29, 1.82) is 5.41 Å². The quantitative estimate of drug-likeness (QED) is 0.833. The normalized spacial score (nSPS) is 16.9. The van der Waals surface area contributed by atoms with E-state index in [0.717, 1.165) is 25.8 Å². The zero-order valence-electron chi connectivity index (χ0n) is 14.6. The summed E-state index contributed by atoms with van der Waals surface area (Å²) in [4.78, 5) is 16.2. The predicted octanol–water partition coefficient (Wildman–Crippen LogP) is 4.32. The second kappa shape index (κ2) is 7.77. The van der Waals surface area contributed by atoms with Crippen LogP contribution in [0.25, 0.3) is 11.1 Å². The number of rotatable bonds is 4. The molecule has 142 valence electrons. The lowest BCUT2D eigenvalue weighted by Gasteiger charge is -2.21. The molecule has 1 aromatic heterocycles. The minimum absolute atomic E-state index is 0.00578. The van der Waals surface area contributed by atoms with Crippen molar-refractivity contribution < 1.29 is 22.7 Å². The number of pyridine rings is 1. The number of amides is 1. The van der Waals surface area contributed by atoms with E-state index in [4.69, 9.17) is 10.1 Å². The van der Waals surface area contributed by atoms with Crippen molar-refractivity contribution in [3.63, 3.8) is 0 Å². The number of hydrogen-bond donors (Lipinski definition) is 2. The Labute approximate surface area is 154 Å². The number of carbonyl (C=O) groups is 1. The summed E-state index contributed by atoms with van der Waals surface area (Å²) >= 11 is 0. The zero-order valence-corrected chi connectivity index (χ0v) is 14.6. The summed E-state index contributed by atoms with van der Waals surface area (Å²) in [5.41, 5.74) is 0.458. The number of carbonyl (C=O) groups excluding carboxylic acids is 1. The highest BCUT2D eigenvalue weighted by Gasteiger charge is 2.25. The first kappa shape index (κ1) is 18.9. The molecule has 2 aromatic rings. The molecule has 2 N–H and O–H groups in total. The van der Waals surface area contributed by atoms with Crippen LogP contribution in [0.3, 0.4) is 0 Å². The van der Waals surface area contributed by atoms with Crippen molar-refractivity contribution in [2.75, 3.05) is 12.4 Å². The van der Waals surface area contributed by atoms with Crippen molar-refractivity contribution in [1.82, 2.24) is 4.98 Å². The lowest BCUT2D eigenvalue weighted by molar-refractivity contribution is -0.120. The van der Waals surface area contributed by atoms with Gasteiger partial charge in [-0.25, -0.2) is 13.8 Å². The molecule has 8 heteroatoms. The van der Waals surface area contributed by atoms with Gasteiger partial charge < -0.3 is 15.5 Å². The molecule has 1 aliphatic carbocycles. The maximum atomic E-state index is 14.3. The minimum Gasteiger partial charge on any atom is -0.493 e. The molecule has 1 fully saturated rings. The average Bonchev–Trinajstić information content (AvgIpc) is 2.65. The van der Waals surface area contributed by atoms with Gasteiger partial charge in [0.05, 0.1) is 13.3 Å². The average molecular weight is 377 g/mol. The number of hydrogen-bond acceptors (Lipinski definition) is 4. The lowest BCUT2D eigenvalue weighted by atomic mass is 9.87. The first-order chi connectivity index (χ1) is 12.9. The van der Waals surface area contributed by atoms with Crippen LogP contribution in [0.4, 0.5) is 19.0 Å².